The summed E-state index contributed by atoms with van der Waals surface area (Å²) in [6, 6.07) is 2.62. The molecule has 3 rings (SSSR count). The van der Waals surface area contributed by atoms with Crippen LogP contribution >= 0.6 is 0 Å². The van der Waals surface area contributed by atoms with Gasteiger partial charge in [-0.05, 0) is 45.1 Å². The van der Waals surface area contributed by atoms with Gasteiger partial charge in [-0.1, -0.05) is 19.3 Å². The van der Waals surface area contributed by atoms with Crippen LogP contribution in [0.3, 0.4) is 0 Å². The topological polar surface area (TPSA) is 15.3 Å². The highest BCUT2D eigenvalue weighted by atomic mass is 15.2. The van der Waals surface area contributed by atoms with Gasteiger partial charge in [-0.2, -0.15) is 0 Å². The Balaban J connectivity index is 1.49. The van der Waals surface area contributed by atoms with Crippen molar-refractivity contribution in [2.75, 3.05) is 13.1 Å². The molecule has 1 atom stereocenters. The molecule has 1 saturated heterocycles. The molecular formula is C14H26N2. The summed E-state index contributed by atoms with van der Waals surface area (Å²) in [4.78, 5) is 2.79. The minimum atomic E-state index is 0.808. The van der Waals surface area contributed by atoms with Gasteiger partial charge in [-0.15, -0.1) is 0 Å². The van der Waals surface area contributed by atoms with E-state index in [0.717, 1.165) is 18.1 Å². The fourth-order valence-electron chi connectivity index (χ4n) is 3.50. The molecule has 1 N–H and O–H groups in total. The molecule has 0 aromatic rings. The van der Waals surface area contributed by atoms with Gasteiger partial charge in [0.2, 0.25) is 0 Å². The maximum atomic E-state index is 3.82. The van der Waals surface area contributed by atoms with E-state index >= 15 is 0 Å². The van der Waals surface area contributed by atoms with E-state index in [2.05, 4.69) is 10.2 Å². The van der Waals surface area contributed by atoms with Gasteiger partial charge in [0.25, 0.3) is 0 Å². The molecule has 1 aliphatic heterocycles. The van der Waals surface area contributed by atoms with E-state index in [1.165, 1.54) is 70.9 Å². The van der Waals surface area contributed by atoms with Crippen LogP contribution in [0.5, 0.6) is 0 Å². The molecule has 16 heavy (non-hydrogen) atoms. The predicted molar refractivity (Wildman–Crippen MR) is 67.6 cm³/mol. The number of hydrogen-bond donors (Lipinski definition) is 1. The maximum absolute atomic E-state index is 3.82. The fourth-order valence-corrected chi connectivity index (χ4v) is 3.50. The van der Waals surface area contributed by atoms with E-state index in [-0.39, 0.29) is 0 Å². The molecule has 2 nitrogen and oxygen atoms in total. The standard InChI is InChI=1S/C14H26N2/c1-2-6-14(7-3-1)16-10-4-5-13(11-16)15-12-8-9-12/h12-15H,1-11H2. The Morgan fingerprint density at radius 1 is 0.750 bits per heavy atom. The number of nitrogens with one attached hydrogen (secondary N) is 1. The molecule has 0 aromatic heterocycles. The second-order valence-electron chi connectivity index (χ2n) is 6.07. The zero-order valence-corrected chi connectivity index (χ0v) is 10.5. The first-order valence-corrected chi connectivity index (χ1v) is 7.42. The molecule has 92 valence electrons. The summed E-state index contributed by atoms with van der Waals surface area (Å²) >= 11 is 0. The molecule has 2 saturated carbocycles. The smallest absolute Gasteiger partial charge is 0.0198 e. The zero-order chi connectivity index (χ0) is 10.8. The van der Waals surface area contributed by atoms with Gasteiger partial charge in [0.15, 0.2) is 0 Å². The highest BCUT2D eigenvalue weighted by Gasteiger charge is 2.30. The van der Waals surface area contributed by atoms with Gasteiger partial charge in [0, 0.05) is 24.7 Å². The van der Waals surface area contributed by atoms with Crippen molar-refractivity contribution in [2.45, 2.75) is 75.9 Å². The van der Waals surface area contributed by atoms with Crippen LogP contribution in [0, 0.1) is 0 Å². The molecule has 0 aromatic carbocycles. The van der Waals surface area contributed by atoms with E-state index in [0.29, 0.717) is 0 Å². The lowest BCUT2D eigenvalue weighted by Crippen LogP contribution is -2.50. The zero-order valence-electron chi connectivity index (χ0n) is 10.5. The highest BCUT2D eigenvalue weighted by Crippen LogP contribution is 2.27. The molecule has 3 aliphatic rings. The molecule has 0 bridgehead atoms. The number of hydrogen-bond acceptors (Lipinski definition) is 2. The Morgan fingerprint density at radius 3 is 2.31 bits per heavy atom. The van der Waals surface area contributed by atoms with Gasteiger partial charge in [0.1, 0.15) is 0 Å². The first kappa shape index (κ1) is 11.0. The predicted octanol–water partition coefficient (Wildman–Crippen LogP) is 2.54. The van der Waals surface area contributed by atoms with Crippen LogP contribution in [0.15, 0.2) is 0 Å². The van der Waals surface area contributed by atoms with Crippen molar-refractivity contribution in [2.24, 2.45) is 0 Å². The number of likely N-dealkylation sites (tertiary alicyclic amines) is 1. The minimum absolute atomic E-state index is 0.808. The van der Waals surface area contributed by atoms with E-state index in [1.807, 2.05) is 0 Å². The summed E-state index contributed by atoms with van der Waals surface area (Å²) in [5.41, 5.74) is 0. The van der Waals surface area contributed by atoms with Gasteiger partial charge < -0.3 is 5.32 Å². The van der Waals surface area contributed by atoms with Gasteiger partial charge in [0.05, 0.1) is 0 Å². The molecule has 1 unspecified atom stereocenters. The van der Waals surface area contributed by atoms with E-state index < -0.39 is 0 Å². The molecule has 0 radical (unpaired) electrons. The average Bonchev–Trinajstić information content (AvgIpc) is 3.15. The lowest BCUT2D eigenvalue weighted by Gasteiger charge is -2.40. The van der Waals surface area contributed by atoms with Crippen LogP contribution in [0.4, 0.5) is 0 Å². The van der Waals surface area contributed by atoms with Crippen molar-refractivity contribution in [3.05, 3.63) is 0 Å². The number of rotatable bonds is 3. The summed E-state index contributed by atoms with van der Waals surface area (Å²) in [6.45, 7) is 2.70. The lowest BCUT2D eigenvalue weighted by molar-refractivity contribution is 0.110. The summed E-state index contributed by atoms with van der Waals surface area (Å²) in [5.74, 6) is 0. The minimum Gasteiger partial charge on any atom is -0.310 e. The Morgan fingerprint density at radius 2 is 1.56 bits per heavy atom. The number of piperidine rings is 1. The van der Waals surface area contributed by atoms with E-state index in [9.17, 15) is 0 Å². The summed E-state index contributed by atoms with van der Waals surface area (Å²) < 4.78 is 0. The fraction of sp³-hybridized carbons (Fsp3) is 1.00. The first-order valence-electron chi connectivity index (χ1n) is 7.42. The molecule has 2 heteroatoms. The second kappa shape index (κ2) is 5.05. The SMILES string of the molecule is C1CCC(N2CCCC(NC3CC3)C2)CC1. The molecule has 0 spiro atoms. The van der Waals surface area contributed by atoms with Crippen LogP contribution < -0.4 is 5.32 Å². The third kappa shape index (κ3) is 2.78. The van der Waals surface area contributed by atoms with Crippen LogP contribution in [0.2, 0.25) is 0 Å². The van der Waals surface area contributed by atoms with Gasteiger partial charge >= 0.3 is 0 Å². The van der Waals surface area contributed by atoms with Crippen molar-refractivity contribution < 1.29 is 0 Å². The normalized spacial score (nSPS) is 34.1. The summed E-state index contributed by atoms with van der Waals surface area (Å²) in [5, 5.41) is 3.82. The second-order valence-corrected chi connectivity index (χ2v) is 6.07. The summed E-state index contributed by atoms with van der Waals surface area (Å²) in [6.07, 6.45) is 13.1. The van der Waals surface area contributed by atoms with Crippen molar-refractivity contribution >= 4 is 0 Å². The molecule has 1 heterocycles. The monoisotopic (exact) mass is 222 g/mol. The van der Waals surface area contributed by atoms with Crippen molar-refractivity contribution in [1.82, 2.24) is 10.2 Å². The lowest BCUT2D eigenvalue weighted by atomic mass is 9.92. The van der Waals surface area contributed by atoms with Gasteiger partial charge in [-0.25, -0.2) is 0 Å². The summed E-state index contributed by atoms with van der Waals surface area (Å²) in [7, 11) is 0. The van der Waals surface area contributed by atoms with Crippen molar-refractivity contribution in [3.63, 3.8) is 0 Å². The van der Waals surface area contributed by atoms with E-state index in [1.54, 1.807) is 0 Å². The third-order valence-electron chi connectivity index (χ3n) is 4.59. The average molecular weight is 222 g/mol. The quantitative estimate of drug-likeness (QED) is 0.789. The number of nitrogens with zero attached hydrogens (tertiary/aromatic N) is 1. The first-order chi connectivity index (χ1) is 7.92. The van der Waals surface area contributed by atoms with Crippen molar-refractivity contribution in [3.8, 4) is 0 Å². The highest BCUT2D eigenvalue weighted by molar-refractivity contribution is 4.90. The van der Waals surface area contributed by atoms with Crippen LogP contribution in [-0.2, 0) is 0 Å². The van der Waals surface area contributed by atoms with Crippen LogP contribution in [-0.4, -0.2) is 36.1 Å². The van der Waals surface area contributed by atoms with Crippen LogP contribution in [0.1, 0.15) is 57.8 Å². The Labute approximate surface area is 99.8 Å². The molecule has 3 fully saturated rings. The van der Waals surface area contributed by atoms with Crippen LogP contribution in [0.25, 0.3) is 0 Å². The largest absolute Gasteiger partial charge is 0.310 e. The Bertz CT molecular complexity index is 219. The Hall–Kier alpha value is -0.0800. The maximum Gasteiger partial charge on any atom is 0.0198 e. The Kier molecular flexibility index (Phi) is 3.49. The van der Waals surface area contributed by atoms with Crippen molar-refractivity contribution in [1.29, 1.82) is 0 Å². The molecule has 2 aliphatic carbocycles. The molecular weight excluding hydrogens is 196 g/mol. The van der Waals surface area contributed by atoms with Gasteiger partial charge in [-0.3, -0.25) is 4.90 Å². The molecule has 0 amide bonds. The van der Waals surface area contributed by atoms with E-state index in [4.69, 9.17) is 0 Å². The third-order valence-corrected chi connectivity index (χ3v) is 4.59.